The van der Waals surface area contributed by atoms with Crippen molar-refractivity contribution in [1.29, 1.82) is 0 Å². The highest BCUT2D eigenvalue weighted by Gasteiger charge is 2.21. The van der Waals surface area contributed by atoms with Gasteiger partial charge >= 0.3 is 5.97 Å². The van der Waals surface area contributed by atoms with Gasteiger partial charge in [0.15, 0.2) is 0 Å². The van der Waals surface area contributed by atoms with Crippen LogP contribution in [0.2, 0.25) is 0 Å². The Labute approximate surface area is 129 Å². The molecule has 21 heavy (non-hydrogen) atoms. The lowest BCUT2D eigenvalue weighted by molar-refractivity contribution is 0.0523. The molecule has 1 aromatic heterocycles. The maximum atomic E-state index is 12.2. The molecular weight excluding hydrogens is 262 g/mol. The summed E-state index contributed by atoms with van der Waals surface area (Å²) in [6.45, 7) is 15.0. The number of hydrogen-bond acceptors (Lipinski definition) is 3. The number of rotatable bonds is 6. The molecule has 1 heterocycles. The van der Waals surface area contributed by atoms with Gasteiger partial charge in [0.05, 0.1) is 17.9 Å². The van der Waals surface area contributed by atoms with Gasteiger partial charge < -0.3 is 4.74 Å². The monoisotopic (exact) mass is 291 g/mol. The van der Waals surface area contributed by atoms with Crippen LogP contribution in [-0.2, 0) is 11.2 Å². The molecule has 0 aliphatic heterocycles. The van der Waals surface area contributed by atoms with Crippen LogP contribution in [0, 0.1) is 5.92 Å². The van der Waals surface area contributed by atoms with Crippen LogP contribution in [0.25, 0.3) is 0 Å². The van der Waals surface area contributed by atoms with Crippen molar-refractivity contribution in [1.82, 2.24) is 4.98 Å². The van der Waals surface area contributed by atoms with Crippen LogP contribution >= 0.6 is 0 Å². The van der Waals surface area contributed by atoms with Crippen LogP contribution in [0.1, 0.15) is 87.6 Å². The van der Waals surface area contributed by atoms with Gasteiger partial charge in [0.25, 0.3) is 0 Å². The average molecular weight is 291 g/mol. The second-order valence-corrected chi connectivity index (χ2v) is 6.58. The Morgan fingerprint density at radius 3 is 2.19 bits per heavy atom. The summed E-state index contributed by atoms with van der Waals surface area (Å²) in [5, 5.41) is 0. The molecule has 0 saturated heterocycles. The lowest BCUT2D eigenvalue weighted by atomic mass is 9.92. The third kappa shape index (κ3) is 4.55. The number of ether oxygens (including phenoxy) is 1. The average Bonchev–Trinajstić information content (AvgIpc) is 2.37. The lowest BCUT2D eigenvalue weighted by Gasteiger charge is -2.19. The third-order valence-electron chi connectivity index (χ3n) is 3.43. The Morgan fingerprint density at radius 2 is 1.76 bits per heavy atom. The van der Waals surface area contributed by atoms with E-state index in [-0.39, 0.29) is 11.9 Å². The van der Waals surface area contributed by atoms with E-state index in [4.69, 9.17) is 9.72 Å². The molecule has 0 atom stereocenters. The van der Waals surface area contributed by atoms with E-state index in [0.717, 1.165) is 23.4 Å². The van der Waals surface area contributed by atoms with E-state index in [1.54, 1.807) is 0 Å². The molecular formula is C18H29NO2. The molecule has 0 aromatic carbocycles. The first-order chi connectivity index (χ1) is 9.77. The zero-order chi connectivity index (χ0) is 16.2. The summed E-state index contributed by atoms with van der Waals surface area (Å²) in [6.07, 6.45) is 0.941. The first-order valence-electron chi connectivity index (χ1n) is 7.98. The van der Waals surface area contributed by atoms with Gasteiger partial charge in [0.2, 0.25) is 0 Å². The summed E-state index contributed by atoms with van der Waals surface area (Å²) >= 11 is 0. The van der Waals surface area contributed by atoms with E-state index >= 15 is 0 Å². The maximum absolute atomic E-state index is 12.2. The van der Waals surface area contributed by atoms with Crippen molar-refractivity contribution in [3.8, 4) is 0 Å². The Bertz CT molecular complexity index is 490. The minimum atomic E-state index is -0.258. The molecule has 0 saturated carbocycles. The number of hydrogen-bond donors (Lipinski definition) is 0. The SMILES string of the molecule is CCOC(=O)c1cc(C(C)C)c(CC(C)C)nc1C(C)C. The predicted octanol–water partition coefficient (Wildman–Crippen LogP) is 4.70. The summed E-state index contributed by atoms with van der Waals surface area (Å²) in [5.74, 6) is 0.840. The van der Waals surface area contributed by atoms with Crippen molar-refractivity contribution in [2.75, 3.05) is 6.61 Å². The molecule has 0 N–H and O–H groups in total. The first kappa shape index (κ1) is 17.7. The van der Waals surface area contributed by atoms with Gasteiger partial charge in [-0.1, -0.05) is 41.5 Å². The highest BCUT2D eigenvalue weighted by atomic mass is 16.5. The Hall–Kier alpha value is -1.38. The smallest absolute Gasteiger partial charge is 0.339 e. The Morgan fingerprint density at radius 1 is 1.14 bits per heavy atom. The molecule has 0 bridgehead atoms. The molecule has 1 aromatic rings. The van der Waals surface area contributed by atoms with E-state index in [0.29, 0.717) is 24.0 Å². The topological polar surface area (TPSA) is 39.2 Å². The normalized spacial score (nSPS) is 11.5. The molecule has 0 radical (unpaired) electrons. The van der Waals surface area contributed by atoms with Crippen LogP contribution in [0.5, 0.6) is 0 Å². The number of nitrogens with zero attached hydrogens (tertiary/aromatic N) is 1. The van der Waals surface area contributed by atoms with Gasteiger partial charge in [-0.2, -0.15) is 0 Å². The number of carbonyl (C=O) groups excluding carboxylic acids is 1. The van der Waals surface area contributed by atoms with Gasteiger partial charge in [-0.25, -0.2) is 4.79 Å². The van der Waals surface area contributed by atoms with Crippen LogP contribution in [0.3, 0.4) is 0 Å². The Kier molecular flexibility index (Phi) is 6.38. The van der Waals surface area contributed by atoms with Gasteiger partial charge in [-0.3, -0.25) is 4.98 Å². The van der Waals surface area contributed by atoms with E-state index in [9.17, 15) is 4.79 Å². The van der Waals surface area contributed by atoms with Crippen molar-refractivity contribution in [2.24, 2.45) is 5.92 Å². The van der Waals surface area contributed by atoms with Crippen LogP contribution in [0.4, 0.5) is 0 Å². The maximum Gasteiger partial charge on any atom is 0.339 e. The zero-order valence-corrected chi connectivity index (χ0v) is 14.5. The van der Waals surface area contributed by atoms with Crippen LogP contribution < -0.4 is 0 Å². The molecule has 3 nitrogen and oxygen atoms in total. The van der Waals surface area contributed by atoms with Crippen molar-refractivity contribution in [3.05, 3.63) is 28.6 Å². The second kappa shape index (κ2) is 7.58. The van der Waals surface area contributed by atoms with Crippen molar-refractivity contribution in [3.63, 3.8) is 0 Å². The quantitative estimate of drug-likeness (QED) is 0.713. The summed E-state index contributed by atoms with van der Waals surface area (Å²) in [5.41, 5.74) is 3.77. The van der Waals surface area contributed by atoms with Crippen molar-refractivity contribution >= 4 is 5.97 Å². The van der Waals surface area contributed by atoms with E-state index < -0.39 is 0 Å². The van der Waals surface area contributed by atoms with Gasteiger partial charge in [-0.05, 0) is 42.7 Å². The molecule has 3 heteroatoms. The summed E-state index contributed by atoms with van der Waals surface area (Å²) in [4.78, 5) is 17.1. The van der Waals surface area contributed by atoms with Crippen LogP contribution in [-0.4, -0.2) is 17.6 Å². The lowest BCUT2D eigenvalue weighted by Crippen LogP contribution is -2.15. The van der Waals surface area contributed by atoms with Crippen molar-refractivity contribution < 1.29 is 9.53 Å². The van der Waals surface area contributed by atoms with Gasteiger partial charge in [0, 0.05) is 5.69 Å². The standard InChI is InChI=1S/C18H29NO2/c1-8-21-18(20)15-10-14(12(4)5)16(9-11(2)3)19-17(15)13(6)7/h10-13H,8-9H2,1-7H3. The predicted molar refractivity (Wildman–Crippen MR) is 86.9 cm³/mol. The molecule has 0 unspecified atom stereocenters. The molecule has 0 aliphatic carbocycles. The molecule has 1 rings (SSSR count). The van der Waals surface area contributed by atoms with Gasteiger partial charge in [-0.15, -0.1) is 0 Å². The second-order valence-electron chi connectivity index (χ2n) is 6.58. The van der Waals surface area contributed by atoms with Crippen molar-refractivity contribution in [2.45, 2.75) is 66.7 Å². The van der Waals surface area contributed by atoms with E-state index in [2.05, 4.69) is 41.5 Å². The molecule has 0 spiro atoms. The fraction of sp³-hybridized carbons (Fsp3) is 0.667. The number of esters is 1. The highest BCUT2D eigenvalue weighted by molar-refractivity contribution is 5.91. The first-order valence-corrected chi connectivity index (χ1v) is 7.98. The highest BCUT2D eigenvalue weighted by Crippen LogP contribution is 2.27. The minimum Gasteiger partial charge on any atom is -0.462 e. The van der Waals surface area contributed by atoms with Crippen LogP contribution in [0.15, 0.2) is 6.07 Å². The summed E-state index contributed by atoms with van der Waals surface area (Å²) in [6, 6.07) is 2.00. The molecule has 0 aliphatic rings. The summed E-state index contributed by atoms with van der Waals surface area (Å²) in [7, 11) is 0. The number of aromatic nitrogens is 1. The van der Waals surface area contributed by atoms with Gasteiger partial charge in [0.1, 0.15) is 0 Å². The van der Waals surface area contributed by atoms with E-state index in [1.807, 2.05) is 13.0 Å². The molecule has 0 fully saturated rings. The fourth-order valence-corrected chi connectivity index (χ4v) is 2.45. The minimum absolute atomic E-state index is 0.205. The largest absolute Gasteiger partial charge is 0.462 e. The molecule has 0 amide bonds. The number of carbonyl (C=O) groups is 1. The van der Waals surface area contributed by atoms with E-state index in [1.165, 1.54) is 0 Å². The summed E-state index contributed by atoms with van der Waals surface area (Å²) < 4.78 is 5.20. The molecule has 118 valence electrons. The number of pyridine rings is 1. The zero-order valence-electron chi connectivity index (χ0n) is 14.5. The fourth-order valence-electron chi connectivity index (χ4n) is 2.45. The Balaban J connectivity index is 3.42. The third-order valence-corrected chi connectivity index (χ3v) is 3.43.